The molecule has 0 saturated carbocycles. The largest absolute Gasteiger partial charge is 0.325 e. The molecule has 0 unspecified atom stereocenters. The lowest BCUT2D eigenvalue weighted by Gasteiger charge is -2.21. The van der Waals surface area contributed by atoms with Crippen LogP contribution >= 0.6 is 11.8 Å². The number of carbonyl (C=O) groups is 2. The van der Waals surface area contributed by atoms with E-state index >= 15 is 0 Å². The van der Waals surface area contributed by atoms with Crippen molar-refractivity contribution in [2.24, 2.45) is 0 Å². The maximum Gasteiger partial charge on any atom is 0.238 e. The van der Waals surface area contributed by atoms with Crippen LogP contribution in [0.1, 0.15) is 18.9 Å². The van der Waals surface area contributed by atoms with E-state index in [9.17, 15) is 9.59 Å². The van der Waals surface area contributed by atoms with E-state index in [1.807, 2.05) is 73.5 Å². The SMILES string of the molecule is CCCN(CC(=O)Nc1cccc(SC)c1)CC(=O)Nc1ccccc1C. The quantitative estimate of drug-likeness (QED) is 0.641. The van der Waals surface area contributed by atoms with Crippen LogP contribution in [0.15, 0.2) is 53.4 Å². The standard InChI is InChI=1S/C21H27N3O2S/c1-4-12-24(15-21(26)23-19-11-6-5-8-16(19)2)14-20(25)22-17-9-7-10-18(13-17)27-3/h5-11,13H,4,12,14-15H2,1-3H3,(H,22,25)(H,23,26). The fourth-order valence-corrected chi connectivity index (χ4v) is 3.20. The van der Waals surface area contributed by atoms with Crippen LogP contribution in [0.5, 0.6) is 0 Å². The van der Waals surface area contributed by atoms with E-state index in [-0.39, 0.29) is 24.9 Å². The molecule has 6 heteroatoms. The molecule has 0 atom stereocenters. The summed E-state index contributed by atoms with van der Waals surface area (Å²) in [5.74, 6) is -0.236. The molecule has 2 amide bonds. The summed E-state index contributed by atoms with van der Waals surface area (Å²) in [6.45, 7) is 5.03. The molecule has 2 aromatic carbocycles. The third-order valence-corrected chi connectivity index (χ3v) is 4.77. The highest BCUT2D eigenvalue weighted by Gasteiger charge is 2.15. The number of amides is 2. The molecule has 0 bridgehead atoms. The number of para-hydroxylation sites is 1. The molecule has 144 valence electrons. The Kier molecular flexibility index (Phi) is 8.36. The van der Waals surface area contributed by atoms with Crippen molar-refractivity contribution in [1.82, 2.24) is 4.90 Å². The molecule has 27 heavy (non-hydrogen) atoms. The van der Waals surface area contributed by atoms with Crippen molar-refractivity contribution < 1.29 is 9.59 Å². The smallest absolute Gasteiger partial charge is 0.238 e. The minimum Gasteiger partial charge on any atom is -0.325 e. The van der Waals surface area contributed by atoms with E-state index in [0.29, 0.717) is 6.54 Å². The molecule has 0 aliphatic rings. The summed E-state index contributed by atoms with van der Waals surface area (Å²) in [7, 11) is 0. The molecule has 0 aromatic heterocycles. The highest BCUT2D eigenvalue weighted by Crippen LogP contribution is 2.19. The summed E-state index contributed by atoms with van der Waals surface area (Å²) < 4.78 is 0. The second kappa shape index (κ2) is 10.7. The third-order valence-electron chi connectivity index (χ3n) is 4.05. The monoisotopic (exact) mass is 385 g/mol. The number of nitrogens with one attached hydrogen (secondary N) is 2. The summed E-state index contributed by atoms with van der Waals surface area (Å²) in [5.41, 5.74) is 2.59. The topological polar surface area (TPSA) is 61.4 Å². The first-order valence-electron chi connectivity index (χ1n) is 9.03. The lowest BCUT2D eigenvalue weighted by atomic mass is 10.2. The third kappa shape index (κ3) is 7.07. The van der Waals surface area contributed by atoms with E-state index in [1.54, 1.807) is 11.8 Å². The molecule has 2 N–H and O–H groups in total. The maximum atomic E-state index is 12.4. The fraction of sp³-hybridized carbons (Fsp3) is 0.333. The Balaban J connectivity index is 1.92. The van der Waals surface area contributed by atoms with Gasteiger partial charge in [-0.1, -0.05) is 31.2 Å². The number of benzene rings is 2. The summed E-state index contributed by atoms with van der Waals surface area (Å²) in [5, 5.41) is 5.83. The van der Waals surface area contributed by atoms with Gasteiger partial charge in [-0.15, -0.1) is 11.8 Å². The van der Waals surface area contributed by atoms with Crippen molar-refractivity contribution in [3.05, 3.63) is 54.1 Å². The maximum absolute atomic E-state index is 12.4. The predicted molar refractivity (Wildman–Crippen MR) is 113 cm³/mol. The average Bonchev–Trinajstić information content (AvgIpc) is 2.64. The van der Waals surface area contributed by atoms with Crippen molar-refractivity contribution in [3.63, 3.8) is 0 Å². The van der Waals surface area contributed by atoms with E-state index in [0.717, 1.165) is 28.3 Å². The number of carbonyl (C=O) groups excluding carboxylic acids is 2. The van der Waals surface area contributed by atoms with Gasteiger partial charge in [0.2, 0.25) is 11.8 Å². The Bertz CT molecular complexity index is 780. The van der Waals surface area contributed by atoms with Gasteiger partial charge in [0, 0.05) is 16.3 Å². The second-order valence-corrected chi connectivity index (χ2v) is 7.23. The number of thioether (sulfide) groups is 1. The van der Waals surface area contributed by atoms with Gasteiger partial charge in [0.1, 0.15) is 0 Å². The predicted octanol–water partition coefficient (Wildman–Crippen LogP) is 4.01. The van der Waals surface area contributed by atoms with Crippen LogP contribution in [0.2, 0.25) is 0 Å². The molecular weight excluding hydrogens is 358 g/mol. The first-order valence-corrected chi connectivity index (χ1v) is 10.3. The normalized spacial score (nSPS) is 10.7. The molecule has 0 fully saturated rings. The van der Waals surface area contributed by atoms with Gasteiger partial charge in [0.25, 0.3) is 0 Å². The molecule has 5 nitrogen and oxygen atoms in total. The van der Waals surface area contributed by atoms with Crippen molar-refractivity contribution in [2.45, 2.75) is 25.2 Å². The number of hydrogen-bond donors (Lipinski definition) is 2. The van der Waals surface area contributed by atoms with E-state index < -0.39 is 0 Å². The van der Waals surface area contributed by atoms with Crippen molar-refractivity contribution in [1.29, 1.82) is 0 Å². The number of aryl methyl sites for hydroxylation is 1. The lowest BCUT2D eigenvalue weighted by Crippen LogP contribution is -2.39. The first-order chi connectivity index (χ1) is 13.0. The van der Waals surface area contributed by atoms with Crippen molar-refractivity contribution in [3.8, 4) is 0 Å². The van der Waals surface area contributed by atoms with Crippen LogP contribution < -0.4 is 10.6 Å². The van der Waals surface area contributed by atoms with Crippen LogP contribution in [0.3, 0.4) is 0 Å². The number of nitrogens with zero attached hydrogens (tertiary/aromatic N) is 1. The summed E-state index contributed by atoms with van der Waals surface area (Å²) in [6, 6.07) is 15.4. The first kappa shape index (κ1) is 21.0. The van der Waals surface area contributed by atoms with Gasteiger partial charge >= 0.3 is 0 Å². The van der Waals surface area contributed by atoms with Gasteiger partial charge in [-0.05, 0) is 56.0 Å². The van der Waals surface area contributed by atoms with Crippen LogP contribution in [0.25, 0.3) is 0 Å². The highest BCUT2D eigenvalue weighted by atomic mass is 32.2. The zero-order chi connectivity index (χ0) is 19.6. The summed E-state index contributed by atoms with van der Waals surface area (Å²) >= 11 is 1.63. The van der Waals surface area contributed by atoms with Gasteiger partial charge in [-0.2, -0.15) is 0 Å². The van der Waals surface area contributed by atoms with Crippen LogP contribution in [-0.2, 0) is 9.59 Å². The highest BCUT2D eigenvalue weighted by molar-refractivity contribution is 7.98. The molecular formula is C21H27N3O2S. The Morgan fingerprint density at radius 2 is 1.70 bits per heavy atom. The molecule has 0 aliphatic carbocycles. The second-order valence-electron chi connectivity index (χ2n) is 6.35. The van der Waals surface area contributed by atoms with E-state index in [4.69, 9.17) is 0 Å². The molecule has 0 saturated heterocycles. The van der Waals surface area contributed by atoms with Gasteiger partial charge in [-0.25, -0.2) is 0 Å². The Morgan fingerprint density at radius 3 is 2.37 bits per heavy atom. The summed E-state index contributed by atoms with van der Waals surface area (Å²) in [4.78, 5) is 27.7. The average molecular weight is 386 g/mol. The Morgan fingerprint density at radius 1 is 1.00 bits per heavy atom. The van der Waals surface area contributed by atoms with Gasteiger partial charge in [0.05, 0.1) is 13.1 Å². The minimum absolute atomic E-state index is 0.116. The van der Waals surface area contributed by atoms with Crippen LogP contribution in [-0.4, -0.2) is 42.6 Å². The van der Waals surface area contributed by atoms with Crippen molar-refractivity contribution in [2.75, 3.05) is 36.5 Å². The number of anilines is 2. The summed E-state index contributed by atoms with van der Waals surface area (Å²) in [6.07, 6.45) is 2.86. The molecule has 2 aromatic rings. The molecule has 0 radical (unpaired) electrons. The Hall–Kier alpha value is -2.31. The lowest BCUT2D eigenvalue weighted by molar-refractivity contribution is -0.120. The van der Waals surface area contributed by atoms with Gasteiger partial charge in [-0.3, -0.25) is 14.5 Å². The minimum atomic E-state index is -0.120. The molecule has 2 rings (SSSR count). The van der Waals surface area contributed by atoms with Gasteiger partial charge < -0.3 is 10.6 Å². The van der Waals surface area contributed by atoms with Crippen LogP contribution in [0, 0.1) is 6.92 Å². The molecule has 0 heterocycles. The van der Waals surface area contributed by atoms with E-state index in [2.05, 4.69) is 10.6 Å². The zero-order valence-corrected chi connectivity index (χ0v) is 16.9. The zero-order valence-electron chi connectivity index (χ0n) is 16.1. The van der Waals surface area contributed by atoms with Crippen LogP contribution in [0.4, 0.5) is 11.4 Å². The van der Waals surface area contributed by atoms with Gasteiger partial charge in [0.15, 0.2) is 0 Å². The Labute approximate surface area is 165 Å². The fourth-order valence-electron chi connectivity index (χ4n) is 2.74. The number of rotatable bonds is 9. The molecule has 0 spiro atoms. The van der Waals surface area contributed by atoms with E-state index in [1.165, 1.54) is 0 Å². The number of hydrogen-bond acceptors (Lipinski definition) is 4. The molecule has 0 aliphatic heterocycles. The van der Waals surface area contributed by atoms with Crippen molar-refractivity contribution >= 4 is 35.0 Å².